The van der Waals surface area contributed by atoms with Crippen molar-refractivity contribution in [2.75, 3.05) is 40.9 Å². The van der Waals surface area contributed by atoms with Crippen LogP contribution in [0.15, 0.2) is 97.2 Å². The van der Waals surface area contributed by atoms with Gasteiger partial charge in [0.2, 0.25) is 5.91 Å². The first kappa shape index (κ1) is 62.4. The largest absolute Gasteiger partial charge is 0.756 e. The van der Waals surface area contributed by atoms with Gasteiger partial charge in [0.1, 0.15) is 13.2 Å². The molecule has 374 valence electrons. The van der Waals surface area contributed by atoms with Crippen molar-refractivity contribution in [1.29, 1.82) is 0 Å². The van der Waals surface area contributed by atoms with E-state index >= 15 is 0 Å². The second kappa shape index (κ2) is 46.5. The summed E-state index contributed by atoms with van der Waals surface area (Å²) in [6, 6.07) is -0.803. The molecule has 3 unspecified atom stereocenters. The minimum atomic E-state index is -4.56. The number of hydrogen-bond acceptors (Lipinski definition) is 6. The number of quaternary nitrogens is 1. The average molecular weight is 927 g/mol. The fraction of sp³-hybridized carbons (Fsp3) is 0.696. The molecule has 0 bridgehead atoms. The highest BCUT2D eigenvalue weighted by atomic mass is 31.2. The summed E-state index contributed by atoms with van der Waals surface area (Å²) in [5, 5.41) is 13.8. The summed E-state index contributed by atoms with van der Waals surface area (Å²) >= 11 is 0. The van der Waals surface area contributed by atoms with E-state index in [0.717, 1.165) is 89.9 Å². The molecule has 0 saturated heterocycles. The van der Waals surface area contributed by atoms with Crippen molar-refractivity contribution in [3.8, 4) is 0 Å². The Morgan fingerprint density at radius 2 is 0.938 bits per heavy atom. The van der Waals surface area contributed by atoms with E-state index in [4.69, 9.17) is 9.05 Å². The van der Waals surface area contributed by atoms with Crippen molar-refractivity contribution in [2.24, 2.45) is 0 Å². The van der Waals surface area contributed by atoms with Crippen LogP contribution < -0.4 is 10.2 Å². The molecule has 0 radical (unpaired) electrons. The zero-order chi connectivity index (χ0) is 47.8. The van der Waals surface area contributed by atoms with E-state index in [2.05, 4.69) is 116 Å². The summed E-state index contributed by atoms with van der Waals surface area (Å²) in [5.74, 6) is -0.177. The van der Waals surface area contributed by atoms with Crippen LogP contribution >= 0.6 is 7.82 Å². The van der Waals surface area contributed by atoms with Crippen molar-refractivity contribution in [1.82, 2.24) is 5.32 Å². The Balaban J connectivity index is 3.92. The number of nitrogens with zero attached hydrogens (tertiary/aromatic N) is 1. The summed E-state index contributed by atoms with van der Waals surface area (Å²) < 4.78 is 23.1. The maximum atomic E-state index is 12.8. The van der Waals surface area contributed by atoms with Crippen LogP contribution in [0.3, 0.4) is 0 Å². The second-order valence-corrected chi connectivity index (χ2v) is 19.9. The van der Waals surface area contributed by atoms with Crippen LogP contribution in [0.1, 0.15) is 200 Å². The van der Waals surface area contributed by atoms with Crippen LogP contribution in [0, 0.1) is 0 Å². The van der Waals surface area contributed by atoms with E-state index in [1.165, 1.54) is 83.5 Å². The number of phosphoric acid groups is 1. The second-order valence-electron chi connectivity index (χ2n) is 18.5. The molecule has 2 N–H and O–H groups in total. The van der Waals surface area contributed by atoms with E-state index in [1.807, 2.05) is 21.1 Å². The van der Waals surface area contributed by atoms with Crippen LogP contribution in [0.25, 0.3) is 0 Å². The summed E-state index contributed by atoms with van der Waals surface area (Å²) in [6.45, 7) is 4.52. The molecule has 8 nitrogen and oxygen atoms in total. The van der Waals surface area contributed by atoms with E-state index in [1.54, 1.807) is 0 Å². The molecule has 65 heavy (non-hydrogen) atoms. The Morgan fingerprint density at radius 1 is 0.554 bits per heavy atom. The van der Waals surface area contributed by atoms with Gasteiger partial charge in [-0.1, -0.05) is 214 Å². The Hall–Kier alpha value is -2.58. The predicted molar refractivity (Wildman–Crippen MR) is 279 cm³/mol. The number of hydrogen-bond donors (Lipinski definition) is 2. The zero-order valence-electron chi connectivity index (χ0n) is 42.4. The first-order chi connectivity index (χ1) is 31.5. The number of likely N-dealkylation sites (N-methyl/N-ethyl adjacent to an activating group) is 1. The molecule has 1 amide bonds. The number of carbonyl (C=O) groups is 1. The Labute approximate surface area is 400 Å². The van der Waals surface area contributed by atoms with Crippen molar-refractivity contribution < 1.29 is 32.9 Å². The molecule has 0 fully saturated rings. The molecular formula is C56H99N2O6P. The lowest BCUT2D eigenvalue weighted by Gasteiger charge is -2.30. The van der Waals surface area contributed by atoms with Gasteiger partial charge in [0, 0.05) is 6.42 Å². The lowest BCUT2D eigenvalue weighted by molar-refractivity contribution is -0.870. The monoisotopic (exact) mass is 927 g/mol. The third-order valence-corrected chi connectivity index (χ3v) is 12.1. The van der Waals surface area contributed by atoms with Gasteiger partial charge in [0.25, 0.3) is 7.82 Å². The Kier molecular flexibility index (Phi) is 44.7. The third kappa shape index (κ3) is 49.2. The maximum absolute atomic E-state index is 12.8. The number of unbranched alkanes of at least 4 members (excludes halogenated alkanes) is 17. The topological polar surface area (TPSA) is 108 Å². The smallest absolute Gasteiger partial charge is 0.268 e. The van der Waals surface area contributed by atoms with Gasteiger partial charge in [-0.05, 0) is 77.0 Å². The maximum Gasteiger partial charge on any atom is 0.268 e. The fourth-order valence-corrected chi connectivity index (χ4v) is 7.72. The first-order valence-electron chi connectivity index (χ1n) is 26.1. The van der Waals surface area contributed by atoms with Gasteiger partial charge in [-0.25, -0.2) is 0 Å². The number of phosphoric ester groups is 1. The van der Waals surface area contributed by atoms with Crippen LogP contribution in [-0.4, -0.2) is 68.5 Å². The van der Waals surface area contributed by atoms with Gasteiger partial charge in [-0.3, -0.25) is 9.36 Å². The third-order valence-electron chi connectivity index (χ3n) is 11.1. The van der Waals surface area contributed by atoms with E-state index < -0.39 is 20.0 Å². The minimum Gasteiger partial charge on any atom is -0.756 e. The summed E-state index contributed by atoms with van der Waals surface area (Å²) in [6.07, 6.45) is 66.2. The van der Waals surface area contributed by atoms with E-state index in [0.29, 0.717) is 23.9 Å². The Morgan fingerprint density at radius 3 is 1.37 bits per heavy atom. The predicted octanol–water partition coefficient (Wildman–Crippen LogP) is 14.8. The zero-order valence-corrected chi connectivity index (χ0v) is 43.3. The van der Waals surface area contributed by atoms with Crippen LogP contribution in [0.4, 0.5) is 0 Å². The van der Waals surface area contributed by atoms with Gasteiger partial charge in [0.15, 0.2) is 0 Å². The lowest BCUT2D eigenvalue weighted by atomic mass is 10.0. The van der Waals surface area contributed by atoms with Crippen LogP contribution in [-0.2, 0) is 18.4 Å². The van der Waals surface area contributed by atoms with Gasteiger partial charge in [-0.15, -0.1) is 0 Å². The normalized spacial score (nSPS) is 14.9. The minimum absolute atomic E-state index is 0.00738. The molecular weight excluding hydrogens is 828 g/mol. The van der Waals surface area contributed by atoms with Crippen molar-refractivity contribution >= 4 is 13.7 Å². The number of aliphatic hydroxyl groups excluding tert-OH is 1. The first-order valence-corrected chi connectivity index (χ1v) is 27.5. The number of rotatable bonds is 46. The van der Waals surface area contributed by atoms with Gasteiger partial charge >= 0.3 is 0 Å². The standard InChI is InChI=1S/C56H99N2O6P/c1-6-8-10-12-14-15-16-17-18-19-20-21-22-23-24-25-26-27-28-29-30-31-32-33-34-35-36-37-38-39-40-41-42-43-44-46-48-50-56(60)57-54(55(59)49-47-45-13-11-9-7-2)53-64-65(61,62)63-52-51-58(3,4)5/h8,10,14-15,17-18,20-21,23-24,26-27,29-30,32-33,54-55,59H,6-7,9,11-13,16,19,22,25,28,31,34-53H2,1-5H3,(H-,57,60,61,62)/b10-8-,15-14-,18-17-,21-20-,24-23-,27-26-,30-29-,33-32-. The SMILES string of the molecule is CC/C=C\C/C=C\C/C=C\C/C=C\C/C=C\C/C=C\C/C=C\C/C=C\CCCCCCCCCCCCCCC(=O)NC(COP(=O)([O-])OCC[N+](C)(C)C)C(O)CCCCCCCC. The van der Waals surface area contributed by atoms with Gasteiger partial charge in [0.05, 0.1) is 39.9 Å². The fourth-order valence-electron chi connectivity index (χ4n) is 7.00. The number of allylic oxidation sites excluding steroid dienone is 16. The highest BCUT2D eigenvalue weighted by molar-refractivity contribution is 7.45. The van der Waals surface area contributed by atoms with E-state index in [-0.39, 0.29) is 19.1 Å². The van der Waals surface area contributed by atoms with E-state index in [9.17, 15) is 19.4 Å². The van der Waals surface area contributed by atoms with Gasteiger partial charge < -0.3 is 28.8 Å². The quantitative estimate of drug-likeness (QED) is 0.0272. The number of aliphatic hydroxyl groups is 1. The molecule has 0 aromatic heterocycles. The molecule has 0 spiro atoms. The van der Waals surface area contributed by atoms with Crippen molar-refractivity contribution in [2.45, 2.75) is 212 Å². The molecule has 0 aliphatic rings. The summed E-state index contributed by atoms with van der Waals surface area (Å²) in [4.78, 5) is 25.2. The molecule has 0 saturated carbocycles. The molecule has 0 heterocycles. The molecule has 0 aromatic carbocycles. The van der Waals surface area contributed by atoms with Crippen molar-refractivity contribution in [3.05, 3.63) is 97.2 Å². The average Bonchev–Trinajstić information content (AvgIpc) is 3.26. The lowest BCUT2D eigenvalue weighted by Crippen LogP contribution is -2.46. The molecule has 0 aliphatic carbocycles. The summed E-state index contributed by atoms with van der Waals surface area (Å²) in [7, 11) is 1.29. The number of amides is 1. The molecule has 3 atom stereocenters. The molecule has 9 heteroatoms. The highest BCUT2D eigenvalue weighted by Crippen LogP contribution is 2.38. The summed E-state index contributed by atoms with van der Waals surface area (Å²) in [5.41, 5.74) is 0. The van der Waals surface area contributed by atoms with Gasteiger partial charge in [-0.2, -0.15) is 0 Å². The van der Waals surface area contributed by atoms with Crippen LogP contribution in [0.2, 0.25) is 0 Å². The van der Waals surface area contributed by atoms with Crippen molar-refractivity contribution in [3.63, 3.8) is 0 Å². The molecule has 0 aliphatic heterocycles. The van der Waals surface area contributed by atoms with Crippen LogP contribution in [0.5, 0.6) is 0 Å². The molecule has 0 rings (SSSR count). The highest BCUT2D eigenvalue weighted by Gasteiger charge is 2.24. The number of nitrogens with one attached hydrogen (secondary N) is 1. The molecule has 0 aromatic rings. The Bertz CT molecular complexity index is 1370. The number of carbonyl (C=O) groups excluding carboxylic acids is 1.